The molecule has 1 fully saturated rings. The number of rotatable bonds is 4. The summed E-state index contributed by atoms with van der Waals surface area (Å²) in [6.07, 6.45) is 0.0995. The monoisotopic (exact) mass is 411 g/mol. The molecule has 6 nitrogen and oxygen atoms in total. The van der Waals surface area contributed by atoms with E-state index in [-0.39, 0.29) is 29.9 Å². The number of carbonyl (C=O) groups is 3. The number of hydrogen-bond acceptors (Lipinski definition) is 5. The third kappa shape index (κ3) is 3.53. The molecule has 3 amide bonds. The quantitative estimate of drug-likeness (QED) is 0.619. The minimum absolute atomic E-state index is 0.0561. The molecule has 1 aromatic heterocycles. The zero-order chi connectivity index (χ0) is 19.7. The van der Waals surface area contributed by atoms with Crippen LogP contribution >= 0.6 is 23.1 Å². The molecule has 0 spiro atoms. The van der Waals surface area contributed by atoms with Gasteiger partial charge in [-0.3, -0.25) is 14.4 Å². The first-order valence-corrected chi connectivity index (χ1v) is 10.6. The highest BCUT2D eigenvalue weighted by Gasteiger charge is 2.39. The van der Waals surface area contributed by atoms with Crippen LogP contribution in [0, 0.1) is 0 Å². The molecule has 2 aromatic carbocycles. The summed E-state index contributed by atoms with van der Waals surface area (Å²) >= 11 is 2.62. The molecular formula is C20H17N3O3S2. The van der Waals surface area contributed by atoms with Gasteiger partial charge in [-0.25, -0.2) is 4.90 Å². The Labute approximate surface area is 169 Å². The number of benzene rings is 2. The van der Waals surface area contributed by atoms with E-state index < -0.39 is 5.25 Å². The van der Waals surface area contributed by atoms with Crippen molar-refractivity contribution in [2.75, 3.05) is 10.7 Å². The fraction of sp³-hybridized carbons (Fsp3) is 0.200. The minimum atomic E-state index is -0.553. The van der Waals surface area contributed by atoms with Crippen molar-refractivity contribution in [2.45, 2.75) is 11.7 Å². The van der Waals surface area contributed by atoms with Gasteiger partial charge in [-0.1, -0.05) is 41.7 Å². The number of amides is 3. The molecule has 1 saturated heterocycles. The van der Waals surface area contributed by atoms with Crippen LogP contribution in [-0.2, 0) is 21.4 Å². The third-order valence-electron chi connectivity index (χ3n) is 4.46. The molecule has 0 radical (unpaired) electrons. The summed E-state index contributed by atoms with van der Waals surface area (Å²) in [5.74, 6) is -0.776. The minimum Gasteiger partial charge on any atom is -0.319 e. The summed E-state index contributed by atoms with van der Waals surface area (Å²) in [6, 6.07) is 16.7. The summed E-state index contributed by atoms with van der Waals surface area (Å²) in [7, 11) is 1.87. The molecule has 142 valence electrons. The lowest BCUT2D eigenvalue weighted by molar-refractivity contribution is -0.121. The lowest BCUT2D eigenvalue weighted by Crippen LogP contribution is -2.31. The van der Waals surface area contributed by atoms with E-state index in [9.17, 15) is 14.4 Å². The average Bonchev–Trinajstić information content (AvgIpc) is 3.17. The van der Waals surface area contributed by atoms with Gasteiger partial charge in [0.1, 0.15) is 0 Å². The van der Waals surface area contributed by atoms with Crippen molar-refractivity contribution >= 4 is 56.7 Å². The maximum absolute atomic E-state index is 12.6. The molecule has 1 aliphatic heterocycles. The number of anilines is 1. The normalized spacial score (nSPS) is 17.7. The van der Waals surface area contributed by atoms with Crippen LogP contribution in [0.2, 0.25) is 0 Å². The first-order valence-electron chi connectivity index (χ1n) is 8.70. The van der Waals surface area contributed by atoms with E-state index in [2.05, 4.69) is 4.99 Å². The van der Waals surface area contributed by atoms with Gasteiger partial charge in [0, 0.05) is 13.5 Å². The van der Waals surface area contributed by atoms with Crippen LogP contribution in [-0.4, -0.2) is 33.3 Å². The van der Waals surface area contributed by atoms with Crippen molar-refractivity contribution in [2.24, 2.45) is 12.0 Å². The Morgan fingerprint density at radius 2 is 1.86 bits per heavy atom. The van der Waals surface area contributed by atoms with E-state index in [1.54, 1.807) is 24.3 Å². The van der Waals surface area contributed by atoms with Gasteiger partial charge in [0.25, 0.3) is 5.91 Å². The summed E-state index contributed by atoms with van der Waals surface area (Å²) in [4.78, 5) is 43.2. The van der Waals surface area contributed by atoms with E-state index >= 15 is 0 Å². The molecule has 8 heteroatoms. The van der Waals surface area contributed by atoms with Crippen molar-refractivity contribution in [3.8, 4) is 0 Å². The summed E-state index contributed by atoms with van der Waals surface area (Å²) in [5, 5.41) is -0.553. The molecule has 1 atom stereocenters. The number of carbonyl (C=O) groups excluding carboxylic acids is 3. The van der Waals surface area contributed by atoms with E-state index in [4.69, 9.17) is 0 Å². The van der Waals surface area contributed by atoms with Crippen LogP contribution in [0.15, 0.2) is 59.6 Å². The molecule has 1 unspecified atom stereocenters. The Morgan fingerprint density at radius 3 is 2.61 bits per heavy atom. The molecule has 0 aliphatic carbocycles. The van der Waals surface area contributed by atoms with Gasteiger partial charge < -0.3 is 4.57 Å². The molecule has 4 rings (SSSR count). The van der Waals surface area contributed by atoms with E-state index in [1.807, 2.05) is 41.9 Å². The molecule has 28 heavy (non-hydrogen) atoms. The number of para-hydroxylation sites is 2. The van der Waals surface area contributed by atoms with Gasteiger partial charge in [0.05, 0.1) is 26.9 Å². The number of aromatic nitrogens is 1. The molecule has 0 saturated carbocycles. The number of hydrogen-bond donors (Lipinski definition) is 0. The smallest absolute Gasteiger partial charge is 0.258 e. The third-order valence-corrected chi connectivity index (χ3v) is 6.76. The number of nitrogens with zero attached hydrogens (tertiary/aromatic N) is 3. The van der Waals surface area contributed by atoms with Crippen molar-refractivity contribution in [3.63, 3.8) is 0 Å². The number of aryl methyl sites for hydroxylation is 1. The fourth-order valence-electron chi connectivity index (χ4n) is 3.08. The molecule has 1 aliphatic rings. The topological polar surface area (TPSA) is 71.7 Å². The molecule has 0 N–H and O–H groups in total. The number of thiazole rings is 1. The second-order valence-electron chi connectivity index (χ2n) is 6.32. The zero-order valence-electron chi connectivity index (χ0n) is 15.1. The van der Waals surface area contributed by atoms with E-state index in [0.717, 1.165) is 10.2 Å². The van der Waals surface area contributed by atoms with Gasteiger partial charge in [0.2, 0.25) is 11.8 Å². The Kier molecular flexibility index (Phi) is 5.15. The lowest BCUT2D eigenvalue weighted by atomic mass is 10.3. The van der Waals surface area contributed by atoms with Crippen LogP contribution in [0.5, 0.6) is 0 Å². The Balaban J connectivity index is 1.46. The zero-order valence-corrected chi connectivity index (χ0v) is 16.7. The lowest BCUT2D eigenvalue weighted by Gasteiger charge is -2.14. The van der Waals surface area contributed by atoms with Gasteiger partial charge in [-0.2, -0.15) is 4.99 Å². The maximum atomic E-state index is 12.6. The van der Waals surface area contributed by atoms with Crippen LogP contribution < -0.4 is 9.70 Å². The highest BCUT2D eigenvalue weighted by molar-refractivity contribution is 8.01. The Hall–Kier alpha value is -2.71. The summed E-state index contributed by atoms with van der Waals surface area (Å²) in [6.45, 7) is 0. The predicted octanol–water partition coefficient (Wildman–Crippen LogP) is 2.73. The molecule has 2 heterocycles. The highest BCUT2D eigenvalue weighted by Crippen LogP contribution is 2.29. The van der Waals surface area contributed by atoms with Crippen molar-refractivity contribution in [1.29, 1.82) is 0 Å². The van der Waals surface area contributed by atoms with Gasteiger partial charge in [-0.15, -0.1) is 11.8 Å². The maximum Gasteiger partial charge on any atom is 0.258 e. The fourth-order valence-corrected chi connectivity index (χ4v) is 5.03. The van der Waals surface area contributed by atoms with E-state index in [1.165, 1.54) is 28.0 Å². The van der Waals surface area contributed by atoms with Crippen LogP contribution in [0.1, 0.15) is 6.42 Å². The van der Waals surface area contributed by atoms with Crippen LogP contribution in [0.4, 0.5) is 5.69 Å². The largest absolute Gasteiger partial charge is 0.319 e. The van der Waals surface area contributed by atoms with Gasteiger partial charge in [0.15, 0.2) is 4.80 Å². The van der Waals surface area contributed by atoms with Crippen molar-refractivity contribution in [3.05, 3.63) is 59.4 Å². The second kappa shape index (κ2) is 7.73. The molecule has 0 bridgehead atoms. The summed E-state index contributed by atoms with van der Waals surface area (Å²) < 4.78 is 2.93. The second-order valence-corrected chi connectivity index (χ2v) is 8.52. The van der Waals surface area contributed by atoms with E-state index in [0.29, 0.717) is 10.5 Å². The number of thioether (sulfide) groups is 1. The Morgan fingerprint density at radius 1 is 1.14 bits per heavy atom. The number of fused-ring (bicyclic) bond motifs is 1. The van der Waals surface area contributed by atoms with Crippen LogP contribution in [0.25, 0.3) is 10.2 Å². The average molecular weight is 412 g/mol. The van der Waals surface area contributed by atoms with Gasteiger partial charge >= 0.3 is 0 Å². The highest BCUT2D eigenvalue weighted by atomic mass is 32.2. The number of imide groups is 1. The summed E-state index contributed by atoms with van der Waals surface area (Å²) in [5.41, 5.74) is 1.58. The first kappa shape index (κ1) is 18.6. The van der Waals surface area contributed by atoms with Crippen molar-refractivity contribution in [1.82, 2.24) is 4.57 Å². The molecule has 3 aromatic rings. The Bertz CT molecular complexity index is 1130. The molecular weight excluding hydrogens is 394 g/mol. The van der Waals surface area contributed by atoms with Crippen molar-refractivity contribution < 1.29 is 14.4 Å². The first-order chi connectivity index (χ1) is 13.5. The predicted molar refractivity (Wildman–Crippen MR) is 111 cm³/mol. The van der Waals surface area contributed by atoms with Crippen LogP contribution in [0.3, 0.4) is 0 Å². The van der Waals surface area contributed by atoms with Gasteiger partial charge in [-0.05, 0) is 24.3 Å². The standard InChI is InChI=1S/C20H17N3O3S2/c1-22-14-9-5-6-10-15(14)28-20(22)21-17(24)12-27-16-11-18(25)23(19(16)26)13-7-3-2-4-8-13/h2-10,16H,11-12H2,1H3. The SMILES string of the molecule is Cn1c(=NC(=O)CSC2CC(=O)N(c3ccccc3)C2=O)sc2ccccc21.